The molecule has 47 heavy (non-hydrogen) atoms. The summed E-state index contributed by atoms with van der Waals surface area (Å²) < 4.78 is 0. The zero-order valence-corrected chi connectivity index (χ0v) is 25.4. The van der Waals surface area contributed by atoms with E-state index in [1.54, 1.807) is 0 Å². The van der Waals surface area contributed by atoms with Gasteiger partial charge in [-0.25, -0.2) is 4.79 Å². The van der Waals surface area contributed by atoms with Gasteiger partial charge in [-0.05, 0) is 25.8 Å². The predicted molar refractivity (Wildman–Crippen MR) is 157 cm³/mol. The first-order valence-corrected chi connectivity index (χ1v) is 14.2. The SMILES string of the molecule is NCCCCC(N)C(=O)NC(CO)C(=O)NC(CCC(N)=O)C(=O)NCC(=O)NCC(=O)NC(CO)C(=O)NC(CC(=O)O)C(=O)O. The molecular formula is C25H43N9O13. The standard InChI is InChI=1S/C25H43N9O13/c26-6-2-1-3-12(27)21(42)34-16(11-36)24(45)32-13(4-5-17(28)37)22(43)30-8-18(38)29-9-19(39)31-15(10-35)23(44)33-14(25(46)47)7-20(40)41/h12-16,35-36H,1-11,26-27H2,(H2,28,37)(H,29,38)(H,30,43)(H,31,39)(H,32,45)(H,33,44)(H,34,42)(H,40,41)(H,46,47). The van der Waals surface area contributed by atoms with E-state index in [1.807, 2.05) is 10.6 Å². The molecule has 5 unspecified atom stereocenters. The van der Waals surface area contributed by atoms with Crippen molar-refractivity contribution in [3.63, 3.8) is 0 Å². The van der Waals surface area contributed by atoms with E-state index in [0.717, 1.165) is 0 Å². The van der Waals surface area contributed by atoms with Crippen LogP contribution in [0.15, 0.2) is 0 Å². The zero-order valence-electron chi connectivity index (χ0n) is 25.4. The summed E-state index contributed by atoms with van der Waals surface area (Å²) in [5, 5.41) is 49.3. The fourth-order valence-electron chi connectivity index (χ4n) is 3.56. The minimum atomic E-state index is -1.85. The Labute approximate surface area is 267 Å². The van der Waals surface area contributed by atoms with Crippen molar-refractivity contribution in [3.8, 4) is 0 Å². The summed E-state index contributed by atoms with van der Waals surface area (Å²) in [6.45, 7) is -3.04. The molecular weight excluding hydrogens is 634 g/mol. The number of hydrogen-bond acceptors (Lipinski definition) is 13. The first kappa shape index (κ1) is 42.1. The van der Waals surface area contributed by atoms with E-state index < -0.39 is 116 Å². The van der Waals surface area contributed by atoms with Crippen LogP contribution in [0.2, 0.25) is 0 Å². The molecule has 266 valence electrons. The van der Waals surface area contributed by atoms with Gasteiger partial charge >= 0.3 is 11.9 Å². The van der Waals surface area contributed by atoms with Crippen molar-refractivity contribution in [2.24, 2.45) is 17.2 Å². The third-order valence-electron chi connectivity index (χ3n) is 6.13. The summed E-state index contributed by atoms with van der Waals surface area (Å²) in [5.41, 5.74) is 16.3. The van der Waals surface area contributed by atoms with Crippen LogP contribution in [0.4, 0.5) is 0 Å². The smallest absolute Gasteiger partial charge is 0.326 e. The molecule has 16 N–H and O–H groups in total. The van der Waals surface area contributed by atoms with Crippen molar-refractivity contribution in [2.75, 3.05) is 32.8 Å². The van der Waals surface area contributed by atoms with Crippen LogP contribution in [0.25, 0.3) is 0 Å². The third-order valence-corrected chi connectivity index (χ3v) is 6.13. The third kappa shape index (κ3) is 18.0. The minimum absolute atomic E-state index is 0.259. The summed E-state index contributed by atoms with van der Waals surface area (Å²) in [5.74, 6) is -9.98. The molecule has 0 fully saturated rings. The van der Waals surface area contributed by atoms with Gasteiger partial charge in [-0.2, -0.15) is 0 Å². The number of nitrogens with one attached hydrogen (secondary N) is 6. The number of hydrogen-bond donors (Lipinski definition) is 13. The molecule has 0 aromatic heterocycles. The number of aliphatic hydroxyl groups excluding tert-OH is 2. The lowest BCUT2D eigenvalue weighted by atomic mass is 10.1. The van der Waals surface area contributed by atoms with E-state index in [1.165, 1.54) is 0 Å². The maximum absolute atomic E-state index is 12.7. The van der Waals surface area contributed by atoms with Crippen molar-refractivity contribution in [1.29, 1.82) is 0 Å². The zero-order chi connectivity index (χ0) is 36.1. The van der Waals surface area contributed by atoms with Gasteiger partial charge in [0.2, 0.25) is 41.4 Å². The number of carbonyl (C=O) groups is 9. The van der Waals surface area contributed by atoms with E-state index in [2.05, 4.69) is 21.3 Å². The van der Waals surface area contributed by atoms with Gasteiger partial charge in [0.25, 0.3) is 0 Å². The number of aliphatic hydroxyl groups is 2. The highest BCUT2D eigenvalue weighted by Crippen LogP contribution is 2.02. The second-order valence-electron chi connectivity index (χ2n) is 10.00. The number of amides is 7. The van der Waals surface area contributed by atoms with E-state index in [-0.39, 0.29) is 19.3 Å². The molecule has 0 aromatic carbocycles. The predicted octanol–water partition coefficient (Wildman–Crippen LogP) is -7.58. The summed E-state index contributed by atoms with van der Waals surface area (Å²) in [6.07, 6.45) is -0.276. The molecule has 0 saturated carbocycles. The van der Waals surface area contributed by atoms with Gasteiger partial charge in [-0.15, -0.1) is 0 Å². The molecule has 0 aliphatic carbocycles. The number of primary amides is 1. The molecule has 22 heteroatoms. The Bertz CT molecular complexity index is 1140. The average Bonchev–Trinajstić information content (AvgIpc) is 3.00. The van der Waals surface area contributed by atoms with Gasteiger partial charge in [-0.3, -0.25) is 38.4 Å². The van der Waals surface area contributed by atoms with Crippen molar-refractivity contribution in [1.82, 2.24) is 31.9 Å². The van der Waals surface area contributed by atoms with Crippen molar-refractivity contribution in [2.45, 2.75) is 68.7 Å². The average molecular weight is 678 g/mol. The second kappa shape index (κ2) is 22.6. The molecule has 0 radical (unpaired) electrons. The fraction of sp³-hybridized carbons (Fsp3) is 0.640. The number of carbonyl (C=O) groups excluding carboxylic acids is 7. The van der Waals surface area contributed by atoms with Crippen LogP contribution in [-0.4, -0.2) is 137 Å². The molecule has 0 aromatic rings. The van der Waals surface area contributed by atoms with Gasteiger partial charge in [0, 0.05) is 6.42 Å². The molecule has 5 atom stereocenters. The summed E-state index contributed by atoms with van der Waals surface area (Å²) in [6, 6.07) is -7.55. The molecule has 0 spiro atoms. The topological polar surface area (TPSA) is 385 Å². The van der Waals surface area contributed by atoms with E-state index in [4.69, 9.17) is 27.4 Å². The maximum atomic E-state index is 12.7. The van der Waals surface area contributed by atoms with Crippen LogP contribution < -0.4 is 49.1 Å². The second-order valence-corrected chi connectivity index (χ2v) is 10.00. The highest BCUT2D eigenvalue weighted by molar-refractivity contribution is 5.95. The Balaban J connectivity index is 5.09. The fourth-order valence-corrected chi connectivity index (χ4v) is 3.56. The van der Waals surface area contributed by atoms with Gasteiger partial charge in [0.05, 0.1) is 38.8 Å². The number of nitrogens with two attached hydrogens (primary N) is 3. The van der Waals surface area contributed by atoms with Crippen molar-refractivity contribution >= 4 is 53.3 Å². The number of carboxylic acids is 2. The van der Waals surface area contributed by atoms with E-state index in [0.29, 0.717) is 19.4 Å². The van der Waals surface area contributed by atoms with Gasteiger partial charge in [0.15, 0.2) is 0 Å². The molecule has 7 amide bonds. The lowest BCUT2D eigenvalue weighted by Crippen LogP contribution is -2.57. The highest BCUT2D eigenvalue weighted by Gasteiger charge is 2.29. The lowest BCUT2D eigenvalue weighted by Gasteiger charge is -2.23. The number of rotatable bonds is 24. The van der Waals surface area contributed by atoms with Gasteiger partial charge in [-0.1, -0.05) is 6.42 Å². The van der Waals surface area contributed by atoms with E-state index in [9.17, 15) is 53.4 Å². The van der Waals surface area contributed by atoms with E-state index >= 15 is 0 Å². The van der Waals surface area contributed by atoms with Crippen molar-refractivity contribution in [3.05, 3.63) is 0 Å². The van der Waals surface area contributed by atoms with Gasteiger partial charge < -0.3 is 69.5 Å². The van der Waals surface area contributed by atoms with Crippen LogP contribution in [-0.2, 0) is 43.2 Å². The Kier molecular flexibility index (Phi) is 20.2. The normalized spacial score (nSPS) is 13.8. The van der Waals surface area contributed by atoms with Crippen LogP contribution in [0.5, 0.6) is 0 Å². The van der Waals surface area contributed by atoms with Crippen LogP contribution >= 0.6 is 0 Å². The summed E-state index contributed by atoms with van der Waals surface area (Å²) in [4.78, 5) is 107. The number of carboxylic acid groups (broad SMARTS) is 2. The maximum Gasteiger partial charge on any atom is 0.326 e. The molecule has 22 nitrogen and oxygen atoms in total. The number of unbranched alkanes of at least 4 members (excludes halogenated alkanes) is 1. The summed E-state index contributed by atoms with van der Waals surface area (Å²) in [7, 11) is 0. The summed E-state index contributed by atoms with van der Waals surface area (Å²) >= 11 is 0. The first-order chi connectivity index (χ1) is 22.1. The molecule has 0 aliphatic rings. The molecule has 0 rings (SSSR count). The number of aliphatic carboxylic acids is 2. The Morgan fingerprint density at radius 3 is 1.66 bits per heavy atom. The molecule has 0 heterocycles. The molecule has 0 aliphatic heterocycles. The van der Waals surface area contributed by atoms with Crippen LogP contribution in [0, 0.1) is 0 Å². The molecule has 0 bridgehead atoms. The molecule has 0 saturated heterocycles. The van der Waals surface area contributed by atoms with Gasteiger partial charge in [0.1, 0.15) is 24.2 Å². The Morgan fingerprint density at radius 2 is 1.15 bits per heavy atom. The van der Waals surface area contributed by atoms with Crippen LogP contribution in [0.3, 0.4) is 0 Å². The quantitative estimate of drug-likeness (QED) is 0.0422. The van der Waals surface area contributed by atoms with Crippen LogP contribution in [0.1, 0.15) is 38.5 Å². The Morgan fingerprint density at radius 1 is 0.617 bits per heavy atom. The lowest BCUT2D eigenvalue weighted by molar-refractivity contribution is -0.147. The minimum Gasteiger partial charge on any atom is -0.481 e. The first-order valence-electron chi connectivity index (χ1n) is 14.2. The monoisotopic (exact) mass is 677 g/mol. The highest BCUT2D eigenvalue weighted by atomic mass is 16.4. The van der Waals surface area contributed by atoms with Crippen molar-refractivity contribution < 1.29 is 63.6 Å². The Hall–Kier alpha value is -4.93. The largest absolute Gasteiger partial charge is 0.481 e.